The first-order chi connectivity index (χ1) is 10.8. The van der Waals surface area contributed by atoms with Crippen LogP contribution in [-0.4, -0.2) is 36.4 Å². The van der Waals surface area contributed by atoms with Crippen molar-refractivity contribution < 1.29 is 13.2 Å². The molecule has 0 radical (unpaired) electrons. The number of hydrogen-bond acceptors (Lipinski definition) is 4. The summed E-state index contributed by atoms with van der Waals surface area (Å²) in [6.45, 7) is -0.273. The number of hydrogen-bond donors (Lipinski definition) is 1. The predicted octanol–water partition coefficient (Wildman–Crippen LogP) is 2.14. The summed E-state index contributed by atoms with van der Waals surface area (Å²) in [5.41, 5.74) is 1.07. The standard InChI is InChI=1S/C15H16ClN3O3S/c1-23(21,22)19(10-14-6-2-3-8-17-14)11-15(20)18-13-7-4-5-12(16)9-13/h2-9H,10-11H2,1H3,(H,18,20). The molecule has 0 saturated carbocycles. The molecule has 1 amide bonds. The van der Waals surface area contributed by atoms with Gasteiger partial charge in [0.1, 0.15) is 0 Å². The Kier molecular flexibility index (Phi) is 5.70. The van der Waals surface area contributed by atoms with Crippen LogP contribution >= 0.6 is 11.6 Å². The first-order valence-corrected chi connectivity index (χ1v) is 8.97. The fraction of sp³-hybridized carbons (Fsp3) is 0.200. The second kappa shape index (κ2) is 7.54. The number of halogens is 1. The summed E-state index contributed by atoms with van der Waals surface area (Å²) in [6, 6.07) is 11.8. The second-order valence-corrected chi connectivity index (χ2v) is 7.33. The van der Waals surface area contributed by atoms with Crippen molar-refractivity contribution in [2.45, 2.75) is 6.54 Å². The minimum absolute atomic E-state index is 0.0304. The molecule has 8 heteroatoms. The number of carbonyl (C=O) groups is 1. The Bertz CT molecular complexity index is 782. The number of aromatic nitrogens is 1. The quantitative estimate of drug-likeness (QED) is 0.862. The molecule has 1 aromatic carbocycles. The lowest BCUT2D eigenvalue weighted by molar-refractivity contribution is -0.116. The van der Waals surface area contributed by atoms with Crippen molar-refractivity contribution in [1.82, 2.24) is 9.29 Å². The van der Waals surface area contributed by atoms with Gasteiger partial charge in [-0.05, 0) is 30.3 Å². The van der Waals surface area contributed by atoms with Gasteiger partial charge in [0.25, 0.3) is 0 Å². The van der Waals surface area contributed by atoms with Crippen molar-refractivity contribution in [1.29, 1.82) is 0 Å². The summed E-state index contributed by atoms with van der Waals surface area (Å²) in [7, 11) is -3.55. The van der Waals surface area contributed by atoms with E-state index in [1.165, 1.54) is 0 Å². The lowest BCUT2D eigenvalue weighted by atomic mass is 10.3. The van der Waals surface area contributed by atoms with Gasteiger partial charge >= 0.3 is 0 Å². The highest BCUT2D eigenvalue weighted by Crippen LogP contribution is 2.15. The third kappa shape index (κ3) is 5.63. The molecule has 0 saturated heterocycles. The van der Waals surface area contributed by atoms with Crippen LogP contribution in [0.25, 0.3) is 0 Å². The summed E-state index contributed by atoms with van der Waals surface area (Å²) in [5.74, 6) is -0.450. The number of benzene rings is 1. The Balaban J connectivity index is 2.07. The van der Waals surface area contributed by atoms with Gasteiger partial charge in [0.15, 0.2) is 0 Å². The minimum Gasteiger partial charge on any atom is -0.325 e. The van der Waals surface area contributed by atoms with Crippen molar-refractivity contribution >= 4 is 33.2 Å². The van der Waals surface area contributed by atoms with E-state index in [4.69, 9.17) is 11.6 Å². The van der Waals surface area contributed by atoms with Crippen LogP contribution in [0.3, 0.4) is 0 Å². The topological polar surface area (TPSA) is 79.4 Å². The third-order valence-corrected chi connectivity index (χ3v) is 4.39. The molecule has 1 heterocycles. The summed E-state index contributed by atoms with van der Waals surface area (Å²) in [6.07, 6.45) is 2.63. The van der Waals surface area contributed by atoms with Crippen molar-refractivity contribution in [3.8, 4) is 0 Å². The fourth-order valence-electron chi connectivity index (χ4n) is 1.89. The zero-order chi connectivity index (χ0) is 16.9. The fourth-order valence-corrected chi connectivity index (χ4v) is 2.80. The predicted molar refractivity (Wildman–Crippen MR) is 89.6 cm³/mol. The van der Waals surface area contributed by atoms with Crippen molar-refractivity contribution in [3.05, 3.63) is 59.4 Å². The molecular formula is C15H16ClN3O3S. The van der Waals surface area contributed by atoms with E-state index in [0.717, 1.165) is 10.6 Å². The summed E-state index contributed by atoms with van der Waals surface area (Å²) >= 11 is 5.85. The molecular weight excluding hydrogens is 338 g/mol. The van der Waals surface area contributed by atoms with Gasteiger partial charge in [-0.2, -0.15) is 4.31 Å². The van der Waals surface area contributed by atoms with Crippen LogP contribution in [0.4, 0.5) is 5.69 Å². The van der Waals surface area contributed by atoms with Crippen LogP contribution in [0, 0.1) is 0 Å². The van der Waals surface area contributed by atoms with E-state index in [1.54, 1.807) is 48.7 Å². The van der Waals surface area contributed by atoms with E-state index in [2.05, 4.69) is 10.3 Å². The molecule has 0 aliphatic carbocycles. The number of nitrogens with one attached hydrogen (secondary N) is 1. The summed E-state index contributed by atoms with van der Waals surface area (Å²) in [4.78, 5) is 16.2. The SMILES string of the molecule is CS(=O)(=O)N(CC(=O)Nc1cccc(Cl)c1)Cc1ccccn1. The molecule has 0 fully saturated rings. The Labute approximate surface area is 140 Å². The molecule has 0 bridgehead atoms. The molecule has 0 spiro atoms. The maximum atomic E-state index is 12.1. The highest BCUT2D eigenvalue weighted by atomic mass is 35.5. The minimum atomic E-state index is -3.55. The number of pyridine rings is 1. The molecule has 122 valence electrons. The largest absolute Gasteiger partial charge is 0.325 e. The Hall–Kier alpha value is -1.96. The van der Waals surface area contributed by atoms with Gasteiger partial charge in [-0.25, -0.2) is 8.42 Å². The average Bonchev–Trinajstić information content (AvgIpc) is 2.46. The van der Waals surface area contributed by atoms with Crippen molar-refractivity contribution in [2.75, 3.05) is 18.1 Å². The molecule has 2 aromatic rings. The van der Waals surface area contributed by atoms with E-state index in [-0.39, 0.29) is 13.1 Å². The van der Waals surface area contributed by atoms with Crippen LogP contribution in [0.2, 0.25) is 5.02 Å². The molecule has 0 aliphatic rings. The molecule has 2 rings (SSSR count). The Morgan fingerprint density at radius 2 is 2.04 bits per heavy atom. The average molecular weight is 354 g/mol. The van der Waals surface area contributed by atoms with E-state index in [0.29, 0.717) is 16.4 Å². The highest BCUT2D eigenvalue weighted by molar-refractivity contribution is 7.88. The van der Waals surface area contributed by atoms with Crippen LogP contribution < -0.4 is 5.32 Å². The molecule has 0 aliphatic heterocycles. The summed E-state index contributed by atoms with van der Waals surface area (Å²) in [5, 5.41) is 3.10. The zero-order valence-corrected chi connectivity index (χ0v) is 14.0. The molecule has 0 atom stereocenters. The Morgan fingerprint density at radius 3 is 2.65 bits per heavy atom. The second-order valence-electron chi connectivity index (χ2n) is 4.91. The first kappa shape index (κ1) is 17.4. The van der Waals surface area contributed by atoms with Gasteiger partial charge in [-0.1, -0.05) is 23.7 Å². The van der Waals surface area contributed by atoms with Gasteiger partial charge in [-0.15, -0.1) is 0 Å². The van der Waals surface area contributed by atoms with Crippen molar-refractivity contribution in [2.24, 2.45) is 0 Å². The van der Waals surface area contributed by atoms with Gasteiger partial charge in [-0.3, -0.25) is 9.78 Å². The van der Waals surface area contributed by atoms with Gasteiger partial charge in [0.05, 0.1) is 25.0 Å². The van der Waals surface area contributed by atoms with E-state index in [1.807, 2.05) is 0 Å². The molecule has 6 nitrogen and oxygen atoms in total. The van der Waals surface area contributed by atoms with Crippen LogP contribution in [0.1, 0.15) is 5.69 Å². The lowest BCUT2D eigenvalue weighted by Crippen LogP contribution is -2.37. The van der Waals surface area contributed by atoms with E-state index >= 15 is 0 Å². The zero-order valence-electron chi connectivity index (χ0n) is 12.4. The molecule has 23 heavy (non-hydrogen) atoms. The van der Waals surface area contributed by atoms with Crippen LogP contribution in [0.5, 0.6) is 0 Å². The molecule has 1 aromatic heterocycles. The number of nitrogens with zero attached hydrogens (tertiary/aromatic N) is 2. The highest BCUT2D eigenvalue weighted by Gasteiger charge is 2.21. The number of carbonyl (C=O) groups excluding carboxylic acids is 1. The van der Waals surface area contributed by atoms with Crippen molar-refractivity contribution in [3.63, 3.8) is 0 Å². The number of rotatable bonds is 6. The maximum absolute atomic E-state index is 12.1. The monoisotopic (exact) mass is 353 g/mol. The number of sulfonamides is 1. The maximum Gasteiger partial charge on any atom is 0.239 e. The normalized spacial score (nSPS) is 11.4. The molecule has 0 unspecified atom stereocenters. The van der Waals surface area contributed by atoms with Gasteiger partial charge in [0, 0.05) is 16.9 Å². The van der Waals surface area contributed by atoms with Gasteiger partial charge < -0.3 is 5.32 Å². The number of amides is 1. The van der Waals surface area contributed by atoms with Gasteiger partial charge in [0.2, 0.25) is 15.9 Å². The molecule has 1 N–H and O–H groups in total. The van der Waals surface area contributed by atoms with Crippen LogP contribution in [0.15, 0.2) is 48.7 Å². The van der Waals surface area contributed by atoms with Crippen LogP contribution in [-0.2, 0) is 21.4 Å². The third-order valence-electron chi connectivity index (χ3n) is 2.96. The summed E-state index contributed by atoms with van der Waals surface area (Å²) < 4.78 is 24.8. The first-order valence-electron chi connectivity index (χ1n) is 6.75. The van der Waals surface area contributed by atoms with E-state index in [9.17, 15) is 13.2 Å². The smallest absolute Gasteiger partial charge is 0.239 e. The van der Waals surface area contributed by atoms with E-state index < -0.39 is 15.9 Å². The lowest BCUT2D eigenvalue weighted by Gasteiger charge is -2.19. The number of anilines is 1. The Morgan fingerprint density at radius 1 is 1.26 bits per heavy atom.